The fourth-order valence-electron chi connectivity index (χ4n) is 3.64. The lowest BCUT2D eigenvalue weighted by molar-refractivity contribution is 0.161. The van der Waals surface area contributed by atoms with Gasteiger partial charge in [-0.15, -0.1) is 0 Å². The standard InChI is InChI=1S/C14H17FO/c1-10-6-11-8-16-9-14(11,7-10)12-4-2-3-5-13(12)15/h2-5,10-11H,6-9H2,1H3/t10-,11-,14-/m0/s1. The van der Waals surface area contributed by atoms with Crippen LogP contribution in [0.4, 0.5) is 4.39 Å². The van der Waals surface area contributed by atoms with E-state index in [9.17, 15) is 4.39 Å². The van der Waals surface area contributed by atoms with Crippen molar-refractivity contribution in [2.45, 2.75) is 25.2 Å². The molecule has 0 bridgehead atoms. The normalized spacial score (nSPS) is 37.6. The lowest BCUT2D eigenvalue weighted by Gasteiger charge is -2.28. The van der Waals surface area contributed by atoms with Gasteiger partial charge < -0.3 is 4.74 Å². The minimum absolute atomic E-state index is 0.0369. The Labute approximate surface area is 95.6 Å². The van der Waals surface area contributed by atoms with Crippen LogP contribution in [0.25, 0.3) is 0 Å². The largest absolute Gasteiger partial charge is 0.380 e. The van der Waals surface area contributed by atoms with Crippen molar-refractivity contribution < 1.29 is 9.13 Å². The lowest BCUT2D eigenvalue weighted by atomic mass is 9.74. The van der Waals surface area contributed by atoms with Gasteiger partial charge in [-0.2, -0.15) is 0 Å². The summed E-state index contributed by atoms with van der Waals surface area (Å²) >= 11 is 0. The third-order valence-corrected chi connectivity index (χ3v) is 4.27. The first kappa shape index (κ1) is 10.3. The van der Waals surface area contributed by atoms with E-state index in [1.165, 1.54) is 6.42 Å². The van der Waals surface area contributed by atoms with Gasteiger partial charge in [0.1, 0.15) is 5.82 Å². The summed E-state index contributed by atoms with van der Waals surface area (Å²) in [5.41, 5.74) is 0.840. The van der Waals surface area contributed by atoms with Crippen LogP contribution in [0.2, 0.25) is 0 Å². The molecular weight excluding hydrogens is 203 g/mol. The minimum Gasteiger partial charge on any atom is -0.380 e. The number of fused-ring (bicyclic) bond motifs is 1. The van der Waals surface area contributed by atoms with E-state index in [0.717, 1.165) is 18.6 Å². The summed E-state index contributed by atoms with van der Waals surface area (Å²) in [6, 6.07) is 7.21. The molecule has 0 aromatic heterocycles. The molecule has 0 spiro atoms. The zero-order chi connectivity index (χ0) is 11.2. The van der Waals surface area contributed by atoms with Crippen LogP contribution in [0.15, 0.2) is 24.3 Å². The van der Waals surface area contributed by atoms with Crippen molar-refractivity contribution in [3.63, 3.8) is 0 Å². The highest BCUT2D eigenvalue weighted by Crippen LogP contribution is 2.52. The lowest BCUT2D eigenvalue weighted by Crippen LogP contribution is -2.30. The van der Waals surface area contributed by atoms with Crippen LogP contribution >= 0.6 is 0 Å². The molecule has 1 saturated carbocycles. The Morgan fingerprint density at radius 2 is 2.19 bits per heavy atom. The zero-order valence-corrected chi connectivity index (χ0v) is 9.58. The second kappa shape index (κ2) is 3.56. The molecule has 0 radical (unpaired) electrons. The number of hydrogen-bond acceptors (Lipinski definition) is 1. The number of halogens is 1. The Morgan fingerprint density at radius 1 is 1.38 bits per heavy atom. The molecule has 1 saturated heterocycles. The molecular formula is C14H17FO. The smallest absolute Gasteiger partial charge is 0.127 e. The Bertz CT molecular complexity index is 403. The van der Waals surface area contributed by atoms with E-state index in [4.69, 9.17) is 4.74 Å². The minimum atomic E-state index is -0.0629. The molecule has 1 heterocycles. The molecule has 2 aliphatic rings. The van der Waals surface area contributed by atoms with E-state index in [1.54, 1.807) is 12.1 Å². The van der Waals surface area contributed by atoms with Crippen LogP contribution in [0.5, 0.6) is 0 Å². The summed E-state index contributed by atoms with van der Waals surface area (Å²) in [5.74, 6) is 1.14. The molecule has 1 aromatic rings. The summed E-state index contributed by atoms with van der Waals surface area (Å²) in [4.78, 5) is 0. The van der Waals surface area contributed by atoms with Gasteiger partial charge in [-0.25, -0.2) is 4.39 Å². The van der Waals surface area contributed by atoms with Gasteiger partial charge in [0.15, 0.2) is 0 Å². The Hall–Kier alpha value is -0.890. The fraction of sp³-hybridized carbons (Fsp3) is 0.571. The van der Waals surface area contributed by atoms with Gasteiger partial charge in [-0.1, -0.05) is 25.1 Å². The molecule has 0 unspecified atom stereocenters. The Morgan fingerprint density at radius 3 is 3.00 bits per heavy atom. The number of rotatable bonds is 1. The monoisotopic (exact) mass is 220 g/mol. The highest BCUT2D eigenvalue weighted by molar-refractivity contribution is 5.31. The SMILES string of the molecule is C[C@H]1C[C@H]2COC[C@@]2(c2ccccc2F)C1. The highest BCUT2D eigenvalue weighted by atomic mass is 19.1. The third kappa shape index (κ3) is 1.32. The van der Waals surface area contributed by atoms with Crippen LogP contribution in [-0.4, -0.2) is 13.2 Å². The van der Waals surface area contributed by atoms with Crippen LogP contribution in [0.1, 0.15) is 25.3 Å². The number of hydrogen-bond donors (Lipinski definition) is 0. The molecule has 16 heavy (non-hydrogen) atoms. The van der Waals surface area contributed by atoms with E-state index < -0.39 is 0 Å². The van der Waals surface area contributed by atoms with Crippen molar-refractivity contribution >= 4 is 0 Å². The molecule has 0 N–H and O–H groups in total. The molecule has 2 heteroatoms. The van der Waals surface area contributed by atoms with Crippen molar-refractivity contribution in [3.05, 3.63) is 35.6 Å². The van der Waals surface area contributed by atoms with Crippen LogP contribution < -0.4 is 0 Å². The average molecular weight is 220 g/mol. The maximum Gasteiger partial charge on any atom is 0.127 e. The summed E-state index contributed by atoms with van der Waals surface area (Å²) in [5, 5.41) is 0. The van der Waals surface area contributed by atoms with Gasteiger partial charge in [0, 0.05) is 5.41 Å². The summed E-state index contributed by atoms with van der Waals surface area (Å²) in [6.45, 7) is 3.77. The van der Waals surface area contributed by atoms with E-state index in [1.807, 2.05) is 12.1 Å². The van der Waals surface area contributed by atoms with Gasteiger partial charge in [0.25, 0.3) is 0 Å². The van der Waals surface area contributed by atoms with Crippen molar-refractivity contribution in [2.75, 3.05) is 13.2 Å². The topological polar surface area (TPSA) is 9.23 Å². The predicted molar refractivity (Wildman–Crippen MR) is 60.8 cm³/mol. The van der Waals surface area contributed by atoms with Gasteiger partial charge >= 0.3 is 0 Å². The first-order chi connectivity index (χ1) is 7.72. The van der Waals surface area contributed by atoms with Gasteiger partial charge in [-0.3, -0.25) is 0 Å². The molecule has 1 aliphatic heterocycles. The van der Waals surface area contributed by atoms with Crippen molar-refractivity contribution in [1.82, 2.24) is 0 Å². The van der Waals surface area contributed by atoms with Gasteiger partial charge in [0.05, 0.1) is 13.2 Å². The quantitative estimate of drug-likeness (QED) is 0.706. The Kier molecular flexibility index (Phi) is 2.28. The molecule has 3 rings (SSSR count). The summed E-state index contributed by atoms with van der Waals surface area (Å²) < 4.78 is 19.6. The number of ether oxygens (including phenoxy) is 1. The zero-order valence-electron chi connectivity index (χ0n) is 9.58. The van der Waals surface area contributed by atoms with E-state index >= 15 is 0 Å². The number of benzene rings is 1. The third-order valence-electron chi connectivity index (χ3n) is 4.27. The second-order valence-corrected chi connectivity index (χ2v) is 5.39. The predicted octanol–water partition coefficient (Wildman–Crippen LogP) is 3.14. The van der Waals surface area contributed by atoms with E-state index in [2.05, 4.69) is 6.92 Å². The van der Waals surface area contributed by atoms with Crippen molar-refractivity contribution in [3.8, 4) is 0 Å². The van der Waals surface area contributed by atoms with Gasteiger partial charge in [0.2, 0.25) is 0 Å². The van der Waals surface area contributed by atoms with Gasteiger partial charge in [-0.05, 0) is 36.3 Å². The first-order valence-corrected chi connectivity index (χ1v) is 6.05. The molecule has 1 nitrogen and oxygen atoms in total. The Balaban J connectivity index is 2.07. The fourth-order valence-corrected chi connectivity index (χ4v) is 3.64. The van der Waals surface area contributed by atoms with Crippen LogP contribution in [0, 0.1) is 17.7 Å². The van der Waals surface area contributed by atoms with E-state index in [0.29, 0.717) is 18.4 Å². The molecule has 3 atom stereocenters. The second-order valence-electron chi connectivity index (χ2n) is 5.39. The summed E-state index contributed by atoms with van der Waals surface area (Å²) in [7, 11) is 0. The molecule has 1 aliphatic carbocycles. The van der Waals surface area contributed by atoms with Crippen LogP contribution in [0.3, 0.4) is 0 Å². The molecule has 1 aromatic carbocycles. The highest BCUT2D eigenvalue weighted by Gasteiger charge is 2.51. The first-order valence-electron chi connectivity index (χ1n) is 6.05. The molecule has 0 amide bonds. The molecule has 2 fully saturated rings. The summed E-state index contributed by atoms with van der Waals surface area (Å²) in [6.07, 6.45) is 2.24. The molecule has 86 valence electrons. The van der Waals surface area contributed by atoms with Crippen molar-refractivity contribution in [1.29, 1.82) is 0 Å². The maximum absolute atomic E-state index is 13.9. The van der Waals surface area contributed by atoms with Crippen LogP contribution in [-0.2, 0) is 10.2 Å². The average Bonchev–Trinajstić information content (AvgIpc) is 2.74. The van der Waals surface area contributed by atoms with Crippen molar-refractivity contribution in [2.24, 2.45) is 11.8 Å². The van der Waals surface area contributed by atoms with E-state index in [-0.39, 0.29) is 11.2 Å². The maximum atomic E-state index is 13.9.